The van der Waals surface area contributed by atoms with Crippen LogP contribution in [-0.2, 0) is 0 Å². The Morgan fingerprint density at radius 3 is 2.86 bits per heavy atom. The molecular weight excluding hydrogens is 176 g/mol. The van der Waals surface area contributed by atoms with Crippen molar-refractivity contribution < 1.29 is 4.79 Å². The summed E-state index contributed by atoms with van der Waals surface area (Å²) in [6.45, 7) is 3.93. The lowest BCUT2D eigenvalue weighted by atomic mass is 10.0. The Kier molecular flexibility index (Phi) is 3.77. The molecule has 0 aliphatic heterocycles. The van der Waals surface area contributed by atoms with Gasteiger partial charge in [0.05, 0.1) is 6.04 Å². The molecule has 1 atom stereocenters. The van der Waals surface area contributed by atoms with Crippen molar-refractivity contribution in [2.75, 3.05) is 0 Å². The Bertz CT molecular complexity index is 323. The van der Waals surface area contributed by atoms with Crippen molar-refractivity contribution in [2.24, 2.45) is 5.73 Å². The van der Waals surface area contributed by atoms with E-state index >= 15 is 0 Å². The molecule has 0 radical (unpaired) electrons. The maximum absolute atomic E-state index is 11.7. The van der Waals surface area contributed by atoms with Crippen molar-refractivity contribution in [3.8, 4) is 0 Å². The Balaban J connectivity index is 2.78. The van der Waals surface area contributed by atoms with Crippen LogP contribution in [0, 0.1) is 6.92 Å². The smallest absolute Gasteiger partial charge is 0.181 e. The van der Waals surface area contributed by atoms with Crippen LogP contribution < -0.4 is 5.73 Å². The molecule has 76 valence electrons. The fourth-order valence-corrected chi connectivity index (χ4v) is 1.35. The van der Waals surface area contributed by atoms with Gasteiger partial charge in [0, 0.05) is 18.0 Å². The summed E-state index contributed by atoms with van der Waals surface area (Å²) in [4.78, 5) is 15.7. The summed E-state index contributed by atoms with van der Waals surface area (Å²) in [6.07, 6.45) is 4.95. The van der Waals surface area contributed by atoms with Gasteiger partial charge in [-0.05, 0) is 25.0 Å². The molecule has 1 aromatic heterocycles. The molecule has 1 heterocycles. The second-order valence-corrected chi connectivity index (χ2v) is 3.51. The van der Waals surface area contributed by atoms with Crippen LogP contribution >= 0.6 is 0 Å². The fourth-order valence-electron chi connectivity index (χ4n) is 1.35. The highest BCUT2D eigenvalue weighted by Gasteiger charge is 2.14. The third kappa shape index (κ3) is 2.64. The van der Waals surface area contributed by atoms with Crippen LogP contribution in [0.25, 0.3) is 0 Å². The zero-order chi connectivity index (χ0) is 10.6. The van der Waals surface area contributed by atoms with E-state index in [1.165, 1.54) is 0 Å². The van der Waals surface area contributed by atoms with Gasteiger partial charge in [0.2, 0.25) is 0 Å². The third-order valence-corrected chi connectivity index (χ3v) is 2.10. The minimum absolute atomic E-state index is 0.0111. The van der Waals surface area contributed by atoms with Crippen molar-refractivity contribution in [2.45, 2.75) is 32.7 Å². The first-order valence-electron chi connectivity index (χ1n) is 4.86. The van der Waals surface area contributed by atoms with E-state index in [-0.39, 0.29) is 11.8 Å². The monoisotopic (exact) mass is 192 g/mol. The average molecular weight is 192 g/mol. The zero-order valence-corrected chi connectivity index (χ0v) is 8.66. The number of nitrogens with two attached hydrogens (primary N) is 1. The van der Waals surface area contributed by atoms with Crippen molar-refractivity contribution >= 4 is 5.78 Å². The van der Waals surface area contributed by atoms with Crippen LogP contribution in [-0.4, -0.2) is 16.8 Å². The first-order chi connectivity index (χ1) is 6.65. The van der Waals surface area contributed by atoms with E-state index in [0.29, 0.717) is 5.56 Å². The number of hydrogen-bond acceptors (Lipinski definition) is 3. The van der Waals surface area contributed by atoms with Gasteiger partial charge in [0.15, 0.2) is 5.78 Å². The van der Waals surface area contributed by atoms with Crippen molar-refractivity contribution in [3.05, 3.63) is 29.6 Å². The number of aryl methyl sites for hydroxylation is 1. The average Bonchev–Trinajstić information content (AvgIpc) is 2.17. The number of Topliss-reactive ketones (excluding diaryl/α,β-unsaturated/α-hetero) is 1. The molecule has 0 amide bonds. The van der Waals surface area contributed by atoms with Gasteiger partial charge in [-0.1, -0.05) is 13.3 Å². The molecule has 0 bridgehead atoms. The van der Waals surface area contributed by atoms with Crippen molar-refractivity contribution in [1.29, 1.82) is 0 Å². The molecule has 0 aliphatic rings. The van der Waals surface area contributed by atoms with Crippen molar-refractivity contribution in [1.82, 2.24) is 4.98 Å². The number of nitrogens with zero attached hydrogens (tertiary/aromatic N) is 1. The molecule has 1 unspecified atom stereocenters. The molecular formula is C11H16N2O. The number of ketones is 1. The predicted octanol–water partition coefficient (Wildman–Crippen LogP) is 1.70. The van der Waals surface area contributed by atoms with Crippen LogP contribution in [0.4, 0.5) is 0 Å². The second-order valence-electron chi connectivity index (χ2n) is 3.51. The lowest BCUT2D eigenvalue weighted by Gasteiger charge is -2.08. The highest BCUT2D eigenvalue weighted by molar-refractivity contribution is 5.99. The summed E-state index contributed by atoms with van der Waals surface area (Å²) in [6, 6.07) is 1.44. The summed E-state index contributed by atoms with van der Waals surface area (Å²) in [5.74, 6) is -0.0111. The standard InChI is InChI=1S/C11H16N2O/c1-3-4-10(12)11(14)9-5-8(2)6-13-7-9/h5-7,10H,3-4,12H2,1-2H3. The molecule has 0 aromatic carbocycles. The van der Waals surface area contributed by atoms with Crippen molar-refractivity contribution in [3.63, 3.8) is 0 Å². The van der Waals surface area contributed by atoms with E-state index in [4.69, 9.17) is 5.73 Å². The lowest BCUT2D eigenvalue weighted by Crippen LogP contribution is -2.30. The minimum atomic E-state index is -0.386. The predicted molar refractivity (Wildman–Crippen MR) is 56.2 cm³/mol. The molecule has 0 fully saturated rings. The number of aromatic nitrogens is 1. The third-order valence-electron chi connectivity index (χ3n) is 2.10. The first kappa shape index (κ1) is 10.9. The summed E-state index contributed by atoms with van der Waals surface area (Å²) >= 11 is 0. The maximum atomic E-state index is 11.7. The Morgan fingerprint density at radius 1 is 1.57 bits per heavy atom. The Hall–Kier alpha value is -1.22. The minimum Gasteiger partial charge on any atom is -0.321 e. The molecule has 0 saturated heterocycles. The zero-order valence-electron chi connectivity index (χ0n) is 8.66. The summed E-state index contributed by atoms with van der Waals surface area (Å²) in [5.41, 5.74) is 7.33. The normalized spacial score (nSPS) is 12.5. The van der Waals surface area contributed by atoms with Gasteiger partial charge in [-0.15, -0.1) is 0 Å². The number of carbonyl (C=O) groups excluding carboxylic acids is 1. The number of rotatable bonds is 4. The molecule has 3 nitrogen and oxygen atoms in total. The number of carbonyl (C=O) groups is 1. The van der Waals surface area contributed by atoms with Crippen LogP contribution in [0.15, 0.2) is 18.5 Å². The van der Waals surface area contributed by atoms with E-state index in [1.54, 1.807) is 12.4 Å². The van der Waals surface area contributed by atoms with E-state index in [9.17, 15) is 4.79 Å². The van der Waals surface area contributed by atoms with E-state index in [1.807, 2.05) is 19.9 Å². The number of hydrogen-bond donors (Lipinski definition) is 1. The quantitative estimate of drug-likeness (QED) is 0.739. The molecule has 2 N–H and O–H groups in total. The topological polar surface area (TPSA) is 56.0 Å². The van der Waals surface area contributed by atoms with Gasteiger partial charge < -0.3 is 5.73 Å². The van der Waals surface area contributed by atoms with E-state index < -0.39 is 0 Å². The molecule has 0 spiro atoms. The van der Waals surface area contributed by atoms with Gasteiger partial charge in [0.1, 0.15) is 0 Å². The van der Waals surface area contributed by atoms with Gasteiger partial charge in [-0.2, -0.15) is 0 Å². The Morgan fingerprint density at radius 2 is 2.29 bits per heavy atom. The molecule has 3 heteroatoms. The molecule has 0 saturated carbocycles. The Labute approximate surface area is 84.3 Å². The fraction of sp³-hybridized carbons (Fsp3) is 0.455. The van der Waals surface area contributed by atoms with Crippen LogP contribution in [0.1, 0.15) is 35.7 Å². The summed E-state index contributed by atoms with van der Waals surface area (Å²) in [5, 5.41) is 0. The summed E-state index contributed by atoms with van der Waals surface area (Å²) in [7, 11) is 0. The van der Waals surface area contributed by atoms with Crippen LogP contribution in [0.3, 0.4) is 0 Å². The highest BCUT2D eigenvalue weighted by Crippen LogP contribution is 2.06. The van der Waals surface area contributed by atoms with Crippen LogP contribution in [0.5, 0.6) is 0 Å². The van der Waals surface area contributed by atoms with E-state index in [0.717, 1.165) is 18.4 Å². The second kappa shape index (κ2) is 4.86. The molecule has 14 heavy (non-hydrogen) atoms. The molecule has 0 aliphatic carbocycles. The van der Waals surface area contributed by atoms with Gasteiger partial charge >= 0.3 is 0 Å². The van der Waals surface area contributed by atoms with Gasteiger partial charge in [-0.25, -0.2) is 0 Å². The lowest BCUT2D eigenvalue weighted by molar-refractivity contribution is 0.0956. The SMILES string of the molecule is CCCC(N)C(=O)c1cncc(C)c1. The van der Waals surface area contributed by atoms with Gasteiger partial charge in [-0.3, -0.25) is 9.78 Å². The highest BCUT2D eigenvalue weighted by atomic mass is 16.1. The maximum Gasteiger partial charge on any atom is 0.181 e. The van der Waals surface area contributed by atoms with Crippen LogP contribution in [0.2, 0.25) is 0 Å². The molecule has 1 rings (SSSR count). The molecule has 1 aromatic rings. The number of pyridine rings is 1. The summed E-state index contributed by atoms with van der Waals surface area (Å²) < 4.78 is 0. The van der Waals surface area contributed by atoms with Gasteiger partial charge in [0.25, 0.3) is 0 Å². The largest absolute Gasteiger partial charge is 0.321 e. The van der Waals surface area contributed by atoms with E-state index in [2.05, 4.69) is 4.98 Å². The first-order valence-corrected chi connectivity index (χ1v) is 4.86.